The van der Waals surface area contributed by atoms with E-state index >= 15 is 0 Å². The number of pyridine rings is 1. The molecule has 4 rings (SSSR count). The minimum atomic E-state index is 0.189. The largest absolute Gasteiger partial charge is 0.489 e. The van der Waals surface area contributed by atoms with E-state index in [4.69, 9.17) is 39.5 Å². The molecule has 0 aliphatic heterocycles. The Morgan fingerprint density at radius 3 is 2.54 bits per heavy atom. The topological polar surface area (TPSA) is 34.1 Å². The second-order valence-electron chi connectivity index (χ2n) is 7.21. The lowest BCUT2D eigenvalue weighted by molar-refractivity contribution is 0.139. The summed E-state index contributed by atoms with van der Waals surface area (Å²) in [5, 5.41) is 7.72. The van der Waals surface area contributed by atoms with Crippen molar-refractivity contribution in [3.63, 3.8) is 0 Å². The van der Waals surface area contributed by atoms with Crippen LogP contribution in [-0.2, 0) is 6.54 Å². The lowest BCUT2D eigenvalue weighted by Crippen LogP contribution is -2.36. The van der Waals surface area contributed by atoms with Gasteiger partial charge in [0.15, 0.2) is 0 Å². The van der Waals surface area contributed by atoms with Crippen LogP contribution in [0.4, 0.5) is 0 Å². The van der Waals surface area contributed by atoms with Gasteiger partial charge in [0.05, 0.1) is 11.1 Å². The summed E-state index contributed by atoms with van der Waals surface area (Å²) >= 11 is 18.6. The minimum Gasteiger partial charge on any atom is -0.489 e. The van der Waals surface area contributed by atoms with Gasteiger partial charge < -0.3 is 10.1 Å². The fourth-order valence-corrected chi connectivity index (χ4v) is 4.35. The molecule has 6 heteroatoms. The van der Waals surface area contributed by atoms with Crippen molar-refractivity contribution in [1.29, 1.82) is 0 Å². The first-order valence-electron chi connectivity index (χ1n) is 9.46. The zero-order valence-electron chi connectivity index (χ0n) is 15.3. The fourth-order valence-electron chi connectivity index (χ4n) is 3.66. The molecule has 1 saturated carbocycles. The lowest BCUT2D eigenvalue weighted by atomic mass is 9.92. The Hall–Kier alpha value is -1.52. The van der Waals surface area contributed by atoms with E-state index < -0.39 is 0 Å². The van der Waals surface area contributed by atoms with Gasteiger partial charge in [0.2, 0.25) is 0 Å². The van der Waals surface area contributed by atoms with E-state index in [1.165, 1.54) is 0 Å². The van der Waals surface area contributed by atoms with Crippen LogP contribution in [0.3, 0.4) is 0 Å². The second kappa shape index (κ2) is 8.87. The average molecular weight is 436 g/mol. The molecule has 1 fully saturated rings. The number of rotatable bonds is 5. The number of hydrogen-bond donors (Lipinski definition) is 1. The number of aromatic nitrogens is 1. The Morgan fingerprint density at radius 1 is 0.929 bits per heavy atom. The van der Waals surface area contributed by atoms with Crippen molar-refractivity contribution in [3.05, 3.63) is 69.4 Å². The number of benzene rings is 2. The molecule has 1 aliphatic rings. The molecule has 1 aliphatic carbocycles. The monoisotopic (exact) mass is 434 g/mol. The van der Waals surface area contributed by atoms with E-state index in [1.807, 2.05) is 36.5 Å². The number of hydrogen-bond acceptors (Lipinski definition) is 3. The molecule has 1 aromatic heterocycles. The van der Waals surface area contributed by atoms with Crippen molar-refractivity contribution in [3.8, 4) is 5.75 Å². The highest BCUT2D eigenvalue weighted by atomic mass is 35.5. The van der Waals surface area contributed by atoms with Crippen LogP contribution in [0.15, 0.2) is 48.8 Å². The van der Waals surface area contributed by atoms with Gasteiger partial charge in [-0.15, -0.1) is 0 Å². The summed E-state index contributed by atoms with van der Waals surface area (Å²) in [6.07, 6.45) is 7.90. The molecule has 3 nitrogen and oxygen atoms in total. The summed E-state index contributed by atoms with van der Waals surface area (Å²) < 4.78 is 6.22. The molecule has 1 N–H and O–H groups in total. The third kappa shape index (κ3) is 4.72. The fraction of sp³-hybridized carbons (Fsp3) is 0.318. The van der Waals surface area contributed by atoms with Crippen LogP contribution in [0, 0.1) is 0 Å². The van der Waals surface area contributed by atoms with Gasteiger partial charge in [-0.05, 0) is 67.0 Å². The summed E-state index contributed by atoms with van der Waals surface area (Å²) in [6, 6.07) is 12.0. The van der Waals surface area contributed by atoms with Crippen molar-refractivity contribution in [2.45, 2.75) is 44.4 Å². The predicted octanol–water partition coefficient (Wildman–Crippen LogP) is 6.67. The van der Waals surface area contributed by atoms with Crippen molar-refractivity contribution in [2.24, 2.45) is 0 Å². The maximum Gasteiger partial charge on any atom is 0.138 e. The van der Waals surface area contributed by atoms with E-state index in [2.05, 4.69) is 10.3 Å². The van der Waals surface area contributed by atoms with Crippen molar-refractivity contribution in [2.75, 3.05) is 0 Å². The quantitative estimate of drug-likeness (QED) is 0.485. The molecule has 0 spiro atoms. The molecule has 0 unspecified atom stereocenters. The molecule has 1 heterocycles. The first-order valence-corrected chi connectivity index (χ1v) is 10.6. The maximum atomic E-state index is 6.41. The van der Waals surface area contributed by atoms with Crippen molar-refractivity contribution in [1.82, 2.24) is 10.3 Å². The summed E-state index contributed by atoms with van der Waals surface area (Å²) in [5.74, 6) is 0.754. The number of nitrogens with zero attached hydrogens (tertiary/aromatic N) is 1. The molecule has 0 saturated heterocycles. The lowest BCUT2D eigenvalue weighted by Gasteiger charge is -2.30. The van der Waals surface area contributed by atoms with Gasteiger partial charge in [0.1, 0.15) is 5.75 Å². The van der Waals surface area contributed by atoms with E-state index in [9.17, 15) is 0 Å². The summed E-state index contributed by atoms with van der Waals surface area (Å²) in [4.78, 5) is 4.14. The number of nitrogens with one attached hydrogen (secondary N) is 1. The molecule has 28 heavy (non-hydrogen) atoms. The highest BCUT2D eigenvalue weighted by Crippen LogP contribution is 2.33. The third-order valence-electron chi connectivity index (χ3n) is 5.26. The van der Waals surface area contributed by atoms with Gasteiger partial charge in [-0.3, -0.25) is 4.98 Å². The van der Waals surface area contributed by atoms with E-state index in [1.54, 1.807) is 12.3 Å². The Labute approximate surface area is 180 Å². The van der Waals surface area contributed by atoms with Crippen molar-refractivity contribution >= 4 is 45.6 Å². The first kappa shape index (κ1) is 19.8. The molecular weight excluding hydrogens is 415 g/mol. The SMILES string of the molecule is Clc1ccc(CNC2CCC(Oc3cc4ccncc4cc3Cl)CC2)c(Cl)c1. The highest BCUT2D eigenvalue weighted by molar-refractivity contribution is 6.35. The Bertz CT molecular complexity index is 971. The van der Waals surface area contributed by atoms with E-state index in [0.29, 0.717) is 21.1 Å². The minimum absolute atomic E-state index is 0.189. The zero-order valence-corrected chi connectivity index (χ0v) is 17.6. The van der Waals surface area contributed by atoms with Gasteiger partial charge in [0, 0.05) is 40.4 Å². The van der Waals surface area contributed by atoms with Crippen LogP contribution >= 0.6 is 34.8 Å². The molecule has 3 aromatic rings. The number of fused-ring (bicyclic) bond motifs is 1. The molecular formula is C22H21Cl3N2O. The standard InChI is InChI=1S/C22H21Cl3N2O/c23-17-2-1-15(20(24)11-17)13-27-18-3-5-19(6-4-18)28-22-10-14-7-8-26-12-16(14)9-21(22)25/h1-2,7-12,18-19,27H,3-6,13H2. The van der Waals surface area contributed by atoms with Crippen LogP contribution in [0.1, 0.15) is 31.2 Å². The van der Waals surface area contributed by atoms with Gasteiger partial charge in [-0.25, -0.2) is 0 Å². The van der Waals surface area contributed by atoms with Crippen molar-refractivity contribution < 1.29 is 4.74 Å². The highest BCUT2D eigenvalue weighted by Gasteiger charge is 2.23. The van der Waals surface area contributed by atoms with Gasteiger partial charge in [-0.1, -0.05) is 40.9 Å². The van der Waals surface area contributed by atoms with E-state index in [-0.39, 0.29) is 6.10 Å². The zero-order chi connectivity index (χ0) is 19.5. The van der Waals surface area contributed by atoms with Crippen LogP contribution in [0.5, 0.6) is 5.75 Å². The normalized spacial score (nSPS) is 19.7. The molecule has 2 aromatic carbocycles. The Kier molecular flexibility index (Phi) is 6.27. The van der Waals surface area contributed by atoms with Crippen LogP contribution in [0.25, 0.3) is 10.8 Å². The Morgan fingerprint density at radius 2 is 1.75 bits per heavy atom. The molecule has 0 atom stereocenters. The molecule has 0 radical (unpaired) electrons. The summed E-state index contributed by atoms with van der Waals surface area (Å²) in [7, 11) is 0. The molecule has 0 amide bonds. The first-order chi connectivity index (χ1) is 13.6. The second-order valence-corrected chi connectivity index (χ2v) is 8.46. The Balaban J connectivity index is 1.31. The summed E-state index contributed by atoms with van der Waals surface area (Å²) in [6.45, 7) is 0.747. The van der Waals surface area contributed by atoms with E-state index in [0.717, 1.165) is 54.3 Å². The summed E-state index contributed by atoms with van der Waals surface area (Å²) in [5.41, 5.74) is 1.07. The van der Waals surface area contributed by atoms with Gasteiger partial charge in [-0.2, -0.15) is 0 Å². The average Bonchev–Trinajstić information content (AvgIpc) is 2.69. The van der Waals surface area contributed by atoms with Crippen LogP contribution in [0.2, 0.25) is 15.1 Å². The number of ether oxygens (including phenoxy) is 1. The van der Waals surface area contributed by atoms with Gasteiger partial charge in [0.25, 0.3) is 0 Å². The number of halogens is 3. The van der Waals surface area contributed by atoms with Crippen LogP contribution in [-0.4, -0.2) is 17.1 Å². The molecule has 0 bridgehead atoms. The smallest absolute Gasteiger partial charge is 0.138 e. The van der Waals surface area contributed by atoms with Crippen LogP contribution < -0.4 is 10.1 Å². The third-order valence-corrected chi connectivity index (χ3v) is 6.14. The molecule has 146 valence electrons. The maximum absolute atomic E-state index is 6.41. The predicted molar refractivity (Wildman–Crippen MR) is 117 cm³/mol. The van der Waals surface area contributed by atoms with Gasteiger partial charge >= 0.3 is 0 Å².